The molecule has 0 unspecified atom stereocenters. The number of hydrogen-bond acceptors (Lipinski definition) is 3. The Morgan fingerprint density at radius 1 is 1.00 bits per heavy atom. The summed E-state index contributed by atoms with van der Waals surface area (Å²) in [4.78, 5) is 10.4. The van der Waals surface area contributed by atoms with Gasteiger partial charge in [0.15, 0.2) is 5.16 Å². The number of hydrogen-bond donors (Lipinski definition) is 0. The number of aromatic nitrogens is 3. The van der Waals surface area contributed by atoms with Gasteiger partial charge in [0.05, 0.1) is 11.4 Å². The van der Waals surface area contributed by atoms with Crippen molar-refractivity contribution in [1.29, 1.82) is 0 Å². The first kappa shape index (κ1) is 21.0. The molecule has 0 aliphatic heterocycles. The second kappa shape index (κ2) is 8.93. The first-order valence-electron chi connectivity index (χ1n) is 10.5. The zero-order valence-corrected chi connectivity index (χ0v) is 19.1. The molecule has 6 heteroatoms. The summed E-state index contributed by atoms with van der Waals surface area (Å²) in [6, 6.07) is 18.8. The minimum atomic E-state index is -0.255. The van der Waals surface area contributed by atoms with E-state index in [0.717, 1.165) is 51.0 Å². The number of allylic oxidation sites excluding steroid dienone is 1. The molecule has 0 amide bonds. The third kappa shape index (κ3) is 4.23. The molecule has 0 atom stereocenters. The maximum Gasteiger partial charge on any atom is 0.174 e. The third-order valence-corrected chi connectivity index (χ3v) is 6.87. The molecule has 0 saturated heterocycles. The number of thioether (sulfide) groups is 1. The Morgan fingerprint density at radius 3 is 2.31 bits per heavy atom. The van der Waals surface area contributed by atoms with Gasteiger partial charge in [0.1, 0.15) is 5.82 Å². The monoisotopic (exact) mass is 461 g/mol. The molecule has 0 spiro atoms. The SMILES string of the molecule is CC=C(Sc1nc(-c2ccc(F)cc2)c(-c2ccncc2)n1C1CC1)c1ccc(Cl)cc1. The first-order chi connectivity index (χ1) is 15.6. The standard InChI is InChI=1S/C26H21ClFN3S/c1-2-23(17-3-7-20(27)8-4-17)32-26-30-24(18-5-9-21(28)10-6-18)25(31(26)22-11-12-22)19-13-15-29-16-14-19/h2-10,13-16,22H,11-12H2,1H3. The van der Waals surface area contributed by atoms with E-state index in [1.807, 2.05) is 43.3 Å². The number of rotatable bonds is 6. The van der Waals surface area contributed by atoms with Gasteiger partial charge in [-0.2, -0.15) is 0 Å². The second-order valence-corrected chi connectivity index (χ2v) is 9.14. The number of halogens is 2. The van der Waals surface area contributed by atoms with Gasteiger partial charge < -0.3 is 4.57 Å². The quantitative estimate of drug-likeness (QED) is 0.273. The van der Waals surface area contributed by atoms with Gasteiger partial charge in [-0.25, -0.2) is 9.37 Å². The second-order valence-electron chi connectivity index (χ2n) is 7.70. The molecule has 1 saturated carbocycles. The van der Waals surface area contributed by atoms with Crippen LogP contribution in [-0.4, -0.2) is 14.5 Å². The van der Waals surface area contributed by atoms with E-state index in [-0.39, 0.29) is 5.82 Å². The summed E-state index contributed by atoms with van der Waals surface area (Å²) in [7, 11) is 0. The van der Waals surface area contributed by atoms with Crippen LogP contribution >= 0.6 is 23.4 Å². The topological polar surface area (TPSA) is 30.7 Å². The van der Waals surface area contributed by atoms with E-state index >= 15 is 0 Å². The number of nitrogens with zero attached hydrogens (tertiary/aromatic N) is 3. The Morgan fingerprint density at radius 2 is 1.69 bits per heavy atom. The van der Waals surface area contributed by atoms with E-state index in [4.69, 9.17) is 16.6 Å². The van der Waals surface area contributed by atoms with Gasteiger partial charge in [0, 0.05) is 39.5 Å². The van der Waals surface area contributed by atoms with Crippen molar-refractivity contribution < 1.29 is 4.39 Å². The predicted molar refractivity (Wildman–Crippen MR) is 130 cm³/mol. The summed E-state index contributed by atoms with van der Waals surface area (Å²) in [5.74, 6) is -0.255. The molecule has 1 aliphatic carbocycles. The highest BCUT2D eigenvalue weighted by Gasteiger charge is 2.32. The normalized spacial score (nSPS) is 14.0. The molecular weight excluding hydrogens is 441 g/mol. The van der Waals surface area contributed by atoms with Crippen molar-refractivity contribution in [1.82, 2.24) is 14.5 Å². The molecule has 4 aromatic rings. The summed E-state index contributed by atoms with van der Waals surface area (Å²) in [5, 5.41) is 1.65. The number of imidazole rings is 1. The maximum atomic E-state index is 13.6. The van der Waals surface area contributed by atoms with Crippen LogP contribution in [0.5, 0.6) is 0 Å². The summed E-state index contributed by atoms with van der Waals surface area (Å²) >= 11 is 7.74. The van der Waals surface area contributed by atoms with Crippen molar-refractivity contribution >= 4 is 28.3 Å². The first-order valence-corrected chi connectivity index (χ1v) is 11.7. The molecule has 2 aromatic carbocycles. The molecule has 3 nitrogen and oxygen atoms in total. The van der Waals surface area contributed by atoms with Gasteiger partial charge in [-0.15, -0.1) is 0 Å². The van der Waals surface area contributed by atoms with Crippen LogP contribution < -0.4 is 0 Å². The maximum absolute atomic E-state index is 13.6. The third-order valence-electron chi connectivity index (χ3n) is 5.45. The lowest BCUT2D eigenvalue weighted by Crippen LogP contribution is -2.00. The molecule has 2 heterocycles. The van der Waals surface area contributed by atoms with Crippen molar-refractivity contribution in [3.05, 3.63) is 95.5 Å². The van der Waals surface area contributed by atoms with Crippen LogP contribution in [0, 0.1) is 5.82 Å². The summed E-state index contributed by atoms with van der Waals surface area (Å²) < 4.78 is 16.0. The molecule has 0 radical (unpaired) electrons. The van der Waals surface area contributed by atoms with Gasteiger partial charge in [0.2, 0.25) is 0 Å². The fraction of sp³-hybridized carbons (Fsp3) is 0.154. The van der Waals surface area contributed by atoms with E-state index < -0.39 is 0 Å². The van der Waals surface area contributed by atoms with Crippen molar-refractivity contribution in [3.63, 3.8) is 0 Å². The summed E-state index contributed by atoms with van der Waals surface area (Å²) in [6.45, 7) is 2.03. The lowest BCUT2D eigenvalue weighted by atomic mass is 10.1. The van der Waals surface area contributed by atoms with Crippen molar-refractivity contribution in [2.24, 2.45) is 0 Å². The van der Waals surface area contributed by atoms with Gasteiger partial charge >= 0.3 is 0 Å². The average molecular weight is 462 g/mol. The van der Waals surface area contributed by atoms with Crippen LogP contribution in [0.4, 0.5) is 4.39 Å². The number of pyridine rings is 1. The molecule has 5 rings (SSSR count). The van der Waals surface area contributed by atoms with Crippen LogP contribution in [-0.2, 0) is 0 Å². The Hall–Kier alpha value is -2.89. The van der Waals surface area contributed by atoms with E-state index in [1.54, 1.807) is 36.3 Å². The van der Waals surface area contributed by atoms with Crippen LogP contribution in [0.3, 0.4) is 0 Å². The van der Waals surface area contributed by atoms with Gasteiger partial charge in [-0.3, -0.25) is 4.98 Å². The Balaban J connectivity index is 1.66. The number of benzene rings is 2. The zero-order valence-electron chi connectivity index (χ0n) is 17.5. The molecule has 0 N–H and O–H groups in total. The smallest absolute Gasteiger partial charge is 0.174 e. The van der Waals surface area contributed by atoms with E-state index in [1.165, 1.54) is 12.1 Å². The van der Waals surface area contributed by atoms with Crippen molar-refractivity contribution in [2.45, 2.75) is 31.0 Å². The minimum Gasteiger partial charge on any atom is -0.315 e. The van der Waals surface area contributed by atoms with Gasteiger partial charge in [-0.05, 0) is 73.9 Å². The van der Waals surface area contributed by atoms with Gasteiger partial charge in [0.25, 0.3) is 0 Å². The fourth-order valence-electron chi connectivity index (χ4n) is 3.75. The molecule has 32 heavy (non-hydrogen) atoms. The lowest BCUT2D eigenvalue weighted by Gasteiger charge is -2.13. The lowest BCUT2D eigenvalue weighted by molar-refractivity contribution is 0.628. The predicted octanol–water partition coefficient (Wildman–Crippen LogP) is 7.89. The highest BCUT2D eigenvalue weighted by molar-refractivity contribution is 8.08. The highest BCUT2D eigenvalue weighted by Crippen LogP contribution is 2.47. The van der Waals surface area contributed by atoms with Crippen LogP contribution in [0.15, 0.2) is 84.3 Å². The van der Waals surface area contributed by atoms with Crippen LogP contribution in [0.1, 0.15) is 31.4 Å². The summed E-state index contributed by atoms with van der Waals surface area (Å²) in [6.07, 6.45) is 7.94. The molecular formula is C26H21ClFN3S. The van der Waals surface area contributed by atoms with E-state index in [0.29, 0.717) is 11.1 Å². The molecule has 1 aliphatic rings. The van der Waals surface area contributed by atoms with Crippen molar-refractivity contribution in [3.8, 4) is 22.5 Å². The van der Waals surface area contributed by atoms with E-state index in [9.17, 15) is 4.39 Å². The van der Waals surface area contributed by atoms with Crippen molar-refractivity contribution in [2.75, 3.05) is 0 Å². The minimum absolute atomic E-state index is 0.255. The highest BCUT2D eigenvalue weighted by atomic mass is 35.5. The van der Waals surface area contributed by atoms with Gasteiger partial charge in [-0.1, -0.05) is 41.6 Å². The Bertz CT molecular complexity index is 1260. The Labute approximate surface area is 196 Å². The van der Waals surface area contributed by atoms with E-state index in [2.05, 4.69) is 15.6 Å². The largest absolute Gasteiger partial charge is 0.315 e. The average Bonchev–Trinajstić information content (AvgIpc) is 3.59. The fourth-order valence-corrected chi connectivity index (χ4v) is 4.92. The molecule has 0 bridgehead atoms. The molecule has 1 fully saturated rings. The summed E-state index contributed by atoms with van der Waals surface area (Å²) in [5.41, 5.74) is 4.96. The zero-order chi connectivity index (χ0) is 22.1. The molecule has 160 valence electrons. The molecule has 2 aromatic heterocycles. The Kier molecular flexibility index (Phi) is 5.85. The van der Waals surface area contributed by atoms with Crippen LogP contribution in [0.2, 0.25) is 5.02 Å². The van der Waals surface area contributed by atoms with Crippen LogP contribution in [0.25, 0.3) is 27.4 Å².